The topological polar surface area (TPSA) is 38.0 Å². The van der Waals surface area contributed by atoms with Crippen LogP contribution in [0.4, 0.5) is 10.1 Å². The Morgan fingerprint density at radius 2 is 2.00 bits per heavy atom. The molecule has 0 radical (unpaired) electrons. The lowest BCUT2D eigenvalue weighted by molar-refractivity contribution is 0.569. The van der Waals surface area contributed by atoms with E-state index in [2.05, 4.69) is 12.2 Å². The number of unbranched alkanes of at least 4 members (excludes halogenated alkanes) is 3. The molecular formula is C14H23FN2. The van der Waals surface area contributed by atoms with Gasteiger partial charge in [-0.1, -0.05) is 44.7 Å². The fourth-order valence-corrected chi connectivity index (χ4v) is 1.86. The van der Waals surface area contributed by atoms with Crippen molar-refractivity contribution in [2.75, 3.05) is 11.9 Å². The Labute approximate surface area is 103 Å². The van der Waals surface area contributed by atoms with E-state index in [1.165, 1.54) is 25.3 Å². The third kappa shape index (κ3) is 5.18. The van der Waals surface area contributed by atoms with E-state index >= 15 is 0 Å². The number of nitrogens with two attached hydrogens (primary N) is 1. The van der Waals surface area contributed by atoms with E-state index in [4.69, 9.17) is 5.73 Å². The molecule has 1 atom stereocenters. The molecule has 0 aliphatic carbocycles. The Balaban J connectivity index is 2.38. The number of halogens is 1. The highest BCUT2D eigenvalue weighted by molar-refractivity contribution is 5.45. The lowest BCUT2D eigenvalue weighted by Crippen LogP contribution is -2.29. The Bertz CT molecular complexity index is 315. The van der Waals surface area contributed by atoms with Crippen molar-refractivity contribution in [3.63, 3.8) is 0 Å². The van der Waals surface area contributed by atoms with Crippen molar-refractivity contribution in [1.82, 2.24) is 0 Å². The van der Waals surface area contributed by atoms with Crippen LogP contribution in [0.2, 0.25) is 0 Å². The smallest absolute Gasteiger partial charge is 0.146 e. The zero-order chi connectivity index (χ0) is 12.5. The molecule has 0 saturated carbocycles. The fraction of sp³-hybridized carbons (Fsp3) is 0.571. The quantitative estimate of drug-likeness (QED) is 0.680. The third-order valence-electron chi connectivity index (χ3n) is 2.92. The van der Waals surface area contributed by atoms with Crippen molar-refractivity contribution in [1.29, 1.82) is 0 Å². The molecule has 0 spiro atoms. The SMILES string of the molecule is CCCCCCC(CN)Nc1ccccc1F. The molecule has 1 aromatic rings. The number of rotatable bonds is 8. The predicted molar refractivity (Wildman–Crippen MR) is 71.6 cm³/mol. The first-order chi connectivity index (χ1) is 8.27. The van der Waals surface area contributed by atoms with Crippen LogP contribution in [0, 0.1) is 5.82 Å². The highest BCUT2D eigenvalue weighted by Crippen LogP contribution is 2.15. The van der Waals surface area contributed by atoms with E-state index < -0.39 is 0 Å². The van der Waals surface area contributed by atoms with Crippen molar-refractivity contribution in [2.24, 2.45) is 5.73 Å². The summed E-state index contributed by atoms with van der Waals surface area (Å²) in [6.07, 6.45) is 5.87. The zero-order valence-electron chi connectivity index (χ0n) is 10.6. The van der Waals surface area contributed by atoms with Gasteiger partial charge in [-0.3, -0.25) is 0 Å². The summed E-state index contributed by atoms with van der Waals surface area (Å²) in [6.45, 7) is 2.73. The molecule has 3 heteroatoms. The summed E-state index contributed by atoms with van der Waals surface area (Å²) < 4.78 is 13.4. The molecule has 1 unspecified atom stereocenters. The van der Waals surface area contributed by atoms with Crippen LogP contribution in [-0.2, 0) is 0 Å². The molecule has 17 heavy (non-hydrogen) atoms. The predicted octanol–water partition coefficient (Wildman–Crippen LogP) is 3.54. The second-order valence-electron chi connectivity index (χ2n) is 4.41. The molecule has 3 N–H and O–H groups in total. The van der Waals surface area contributed by atoms with Crippen LogP contribution in [-0.4, -0.2) is 12.6 Å². The summed E-state index contributed by atoms with van der Waals surface area (Å²) in [5.41, 5.74) is 6.25. The first-order valence-electron chi connectivity index (χ1n) is 6.49. The van der Waals surface area contributed by atoms with E-state index in [0.29, 0.717) is 12.2 Å². The summed E-state index contributed by atoms with van der Waals surface area (Å²) in [4.78, 5) is 0. The molecule has 96 valence electrons. The second kappa shape index (κ2) is 8.07. The maximum absolute atomic E-state index is 13.4. The summed E-state index contributed by atoms with van der Waals surface area (Å²) >= 11 is 0. The van der Waals surface area contributed by atoms with Crippen molar-refractivity contribution < 1.29 is 4.39 Å². The Kier molecular flexibility index (Phi) is 6.63. The Morgan fingerprint density at radius 1 is 1.24 bits per heavy atom. The molecule has 1 aromatic carbocycles. The van der Waals surface area contributed by atoms with E-state index in [0.717, 1.165) is 12.8 Å². The molecule has 0 fully saturated rings. The van der Waals surface area contributed by atoms with Crippen LogP contribution in [0.15, 0.2) is 24.3 Å². The first-order valence-corrected chi connectivity index (χ1v) is 6.49. The lowest BCUT2D eigenvalue weighted by Gasteiger charge is -2.18. The molecule has 0 amide bonds. The summed E-state index contributed by atoms with van der Waals surface area (Å²) in [7, 11) is 0. The molecule has 0 aliphatic rings. The van der Waals surface area contributed by atoms with Gasteiger partial charge in [0.05, 0.1) is 5.69 Å². The van der Waals surface area contributed by atoms with Gasteiger partial charge in [0.1, 0.15) is 5.82 Å². The second-order valence-corrected chi connectivity index (χ2v) is 4.41. The lowest BCUT2D eigenvalue weighted by atomic mass is 10.1. The normalized spacial score (nSPS) is 12.4. The van der Waals surface area contributed by atoms with E-state index in [-0.39, 0.29) is 11.9 Å². The van der Waals surface area contributed by atoms with Crippen molar-refractivity contribution in [3.8, 4) is 0 Å². The summed E-state index contributed by atoms with van der Waals surface area (Å²) in [5, 5.41) is 3.17. The number of nitrogens with one attached hydrogen (secondary N) is 1. The van der Waals surface area contributed by atoms with E-state index in [1.54, 1.807) is 12.1 Å². The van der Waals surface area contributed by atoms with Gasteiger partial charge in [-0.05, 0) is 18.6 Å². The minimum Gasteiger partial charge on any atom is -0.379 e. The van der Waals surface area contributed by atoms with Crippen molar-refractivity contribution in [2.45, 2.75) is 45.1 Å². The zero-order valence-corrected chi connectivity index (χ0v) is 10.6. The monoisotopic (exact) mass is 238 g/mol. The molecule has 0 aromatic heterocycles. The van der Waals surface area contributed by atoms with Gasteiger partial charge < -0.3 is 11.1 Å². The summed E-state index contributed by atoms with van der Waals surface area (Å²) in [6, 6.07) is 6.91. The van der Waals surface area contributed by atoms with Crippen molar-refractivity contribution in [3.05, 3.63) is 30.1 Å². The van der Waals surface area contributed by atoms with Gasteiger partial charge in [-0.15, -0.1) is 0 Å². The minimum atomic E-state index is -0.209. The molecule has 1 rings (SSSR count). The van der Waals surface area contributed by atoms with Crippen LogP contribution in [0.3, 0.4) is 0 Å². The van der Waals surface area contributed by atoms with Crippen molar-refractivity contribution >= 4 is 5.69 Å². The highest BCUT2D eigenvalue weighted by Gasteiger charge is 2.08. The van der Waals surface area contributed by atoms with Gasteiger partial charge >= 0.3 is 0 Å². The van der Waals surface area contributed by atoms with Crippen LogP contribution in [0.1, 0.15) is 39.0 Å². The van der Waals surface area contributed by atoms with Gasteiger partial charge in [0, 0.05) is 12.6 Å². The average Bonchev–Trinajstić information content (AvgIpc) is 2.35. The number of anilines is 1. The number of benzene rings is 1. The fourth-order valence-electron chi connectivity index (χ4n) is 1.86. The molecule has 2 nitrogen and oxygen atoms in total. The minimum absolute atomic E-state index is 0.170. The maximum Gasteiger partial charge on any atom is 0.146 e. The van der Waals surface area contributed by atoms with E-state index in [9.17, 15) is 4.39 Å². The van der Waals surface area contributed by atoms with Gasteiger partial charge in [0.2, 0.25) is 0 Å². The molecule has 0 heterocycles. The number of hydrogen-bond acceptors (Lipinski definition) is 2. The largest absolute Gasteiger partial charge is 0.379 e. The molecule has 0 bridgehead atoms. The molecule has 0 saturated heterocycles. The first kappa shape index (κ1) is 14.0. The standard InChI is InChI=1S/C14H23FN2/c1-2-3-4-5-8-12(11-16)17-14-10-7-6-9-13(14)15/h6-7,9-10,12,17H,2-5,8,11,16H2,1H3. The van der Waals surface area contributed by atoms with Crippen LogP contribution in [0.25, 0.3) is 0 Å². The summed E-state index contributed by atoms with van der Waals surface area (Å²) in [5.74, 6) is -0.209. The number of para-hydroxylation sites is 1. The van der Waals surface area contributed by atoms with Crippen LogP contribution in [0.5, 0.6) is 0 Å². The molecule has 0 aliphatic heterocycles. The average molecular weight is 238 g/mol. The van der Waals surface area contributed by atoms with Gasteiger partial charge in [-0.25, -0.2) is 4.39 Å². The van der Waals surface area contributed by atoms with E-state index in [1.807, 2.05) is 6.07 Å². The maximum atomic E-state index is 13.4. The van der Waals surface area contributed by atoms with Gasteiger partial charge in [0.15, 0.2) is 0 Å². The van der Waals surface area contributed by atoms with Gasteiger partial charge in [-0.2, -0.15) is 0 Å². The Morgan fingerprint density at radius 3 is 2.65 bits per heavy atom. The third-order valence-corrected chi connectivity index (χ3v) is 2.92. The van der Waals surface area contributed by atoms with Gasteiger partial charge in [0.25, 0.3) is 0 Å². The number of hydrogen-bond donors (Lipinski definition) is 2. The van der Waals surface area contributed by atoms with Crippen LogP contribution >= 0.6 is 0 Å². The highest BCUT2D eigenvalue weighted by atomic mass is 19.1. The molecular weight excluding hydrogens is 215 g/mol. The Hall–Kier alpha value is -1.09. The van der Waals surface area contributed by atoms with Crippen LogP contribution < -0.4 is 11.1 Å².